The van der Waals surface area contributed by atoms with Crippen molar-refractivity contribution in [2.24, 2.45) is 5.16 Å². The lowest BCUT2D eigenvalue weighted by Crippen LogP contribution is -2.21. The first-order valence-corrected chi connectivity index (χ1v) is 6.76. The van der Waals surface area contributed by atoms with Crippen molar-refractivity contribution < 1.29 is 13.7 Å². The third kappa shape index (κ3) is 4.98. The summed E-state index contributed by atoms with van der Waals surface area (Å²) < 4.78 is 23.8. The molecule has 0 aliphatic rings. The predicted molar refractivity (Wildman–Crippen MR) is 62.2 cm³/mol. The van der Waals surface area contributed by atoms with Gasteiger partial charge in [0.1, 0.15) is 5.17 Å². The quantitative estimate of drug-likeness (QED) is 0.399. The van der Waals surface area contributed by atoms with Crippen LogP contribution in [0.15, 0.2) is 5.16 Å². The fraction of sp³-hybridized carbons (Fsp3) is 0.875. The normalized spacial score (nSPS) is 16.5. The molecule has 15 heavy (non-hydrogen) atoms. The van der Waals surface area contributed by atoms with Gasteiger partial charge in [-0.15, -0.1) is 0 Å². The van der Waals surface area contributed by atoms with Gasteiger partial charge in [0.2, 0.25) is 0 Å². The molecule has 0 aromatic rings. The van der Waals surface area contributed by atoms with E-state index in [0.717, 1.165) is 0 Å². The summed E-state index contributed by atoms with van der Waals surface area (Å²) in [7, 11) is -3.32. The van der Waals surface area contributed by atoms with E-state index in [2.05, 4.69) is 5.16 Å². The lowest BCUT2D eigenvalue weighted by atomic mass is 10.7. The second-order valence-electron chi connectivity index (χ2n) is 2.70. The molecule has 0 aliphatic heterocycles. The maximum absolute atomic E-state index is 12.2. The summed E-state index contributed by atoms with van der Waals surface area (Å²) in [5, 5.41) is 3.67. The molecule has 0 N–H and O–H groups in total. The summed E-state index contributed by atoms with van der Waals surface area (Å²) in [6.07, 6.45) is 0. The zero-order valence-electron chi connectivity index (χ0n) is 9.57. The average molecular weight is 257 g/mol. The van der Waals surface area contributed by atoms with Crippen molar-refractivity contribution in [2.75, 3.05) is 19.7 Å². The first-order valence-electron chi connectivity index (χ1n) is 4.89. The molecule has 0 rings (SSSR count). The minimum absolute atomic E-state index is 0.182. The van der Waals surface area contributed by atoms with Crippen LogP contribution in [-0.4, -0.2) is 29.5 Å². The van der Waals surface area contributed by atoms with E-state index in [4.69, 9.17) is 20.7 Å². The molecular formula is C8H18ClN2O3P. The molecular weight excluding hydrogens is 239 g/mol. The first-order chi connectivity index (χ1) is 7.00. The standard InChI is InChI=1S/C8H18ClN2O3P/c1-5-11(6-2)15(12,13-7-3)14-10-8(4)9/h5-7H2,1-4H3/b10-8-. The van der Waals surface area contributed by atoms with Gasteiger partial charge in [-0.3, -0.25) is 4.52 Å². The van der Waals surface area contributed by atoms with Crippen molar-refractivity contribution in [2.45, 2.75) is 27.7 Å². The molecule has 1 unspecified atom stereocenters. The first kappa shape index (κ1) is 14.9. The molecule has 90 valence electrons. The van der Waals surface area contributed by atoms with Crippen molar-refractivity contribution >= 4 is 24.5 Å². The van der Waals surface area contributed by atoms with Gasteiger partial charge in [0.15, 0.2) is 0 Å². The fourth-order valence-corrected chi connectivity index (χ4v) is 2.64. The molecule has 0 aromatic carbocycles. The molecule has 0 fully saturated rings. The highest BCUT2D eigenvalue weighted by molar-refractivity contribution is 7.51. The van der Waals surface area contributed by atoms with Crippen molar-refractivity contribution in [3.63, 3.8) is 0 Å². The molecule has 1 atom stereocenters. The minimum Gasteiger partial charge on any atom is -0.300 e. The molecule has 7 heteroatoms. The number of hydrogen-bond donors (Lipinski definition) is 0. The van der Waals surface area contributed by atoms with Crippen molar-refractivity contribution in [3.8, 4) is 0 Å². The van der Waals surface area contributed by atoms with Crippen LogP contribution in [0.1, 0.15) is 27.7 Å². The van der Waals surface area contributed by atoms with Gasteiger partial charge in [-0.05, 0) is 13.8 Å². The summed E-state index contributed by atoms with van der Waals surface area (Å²) >= 11 is 5.50. The Morgan fingerprint density at radius 3 is 2.27 bits per heavy atom. The summed E-state index contributed by atoms with van der Waals surface area (Å²) in [5.41, 5.74) is 0. The SMILES string of the molecule is CCOP(=O)(O/N=C(/C)Cl)N(CC)CC. The van der Waals surface area contributed by atoms with Gasteiger partial charge in [-0.25, -0.2) is 4.57 Å². The molecule has 0 heterocycles. The fourth-order valence-electron chi connectivity index (χ4n) is 0.998. The highest BCUT2D eigenvalue weighted by Gasteiger charge is 2.33. The van der Waals surface area contributed by atoms with Crippen molar-refractivity contribution in [3.05, 3.63) is 0 Å². The molecule has 0 saturated carbocycles. The molecule has 5 nitrogen and oxygen atoms in total. The molecule has 0 bridgehead atoms. The number of halogens is 1. The third-order valence-electron chi connectivity index (χ3n) is 1.64. The van der Waals surface area contributed by atoms with E-state index in [-0.39, 0.29) is 5.17 Å². The van der Waals surface area contributed by atoms with Gasteiger partial charge in [0.05, 0.1) is 6.61 Å². The van der Waals surface area contributed by atoms with Crippen LogP contribution >= 0.6 is 19.3 Å². The Labute approximate surface area is 96.0 Å². The predicted octanol–water partition coefficient (Wildman–Crippen LogP) is 3.06. The van der Waals surface area contributed by atoms with Gasteiger partial charge >= 0.3 is 7.75 Å². The van der Waals surface area contributed by atoms with E-state index >= 15 is 0 Å². The van der Waals surface area contributed by atoms with Crippen molar-refractivity contribution in [1.29, 1.82) is 0 Å². The Bertz CT molecular complexity index is 252. The number of rotatable bonds is 7. The Kier molecular flexibility index (Phi) is 7.18. The Hall–Kier alpha value is -0.0900. The smallest absolute Gasteiger partial charge is 0.300 e. The molecule has 0 aliphatic carbocycles. The molecule has 0 radical (unpaired) electrons. The zero-order valence-corrected chi connectivity index (χ0v) is 11.2. The van der Waals surface area contributed by atoms with E-state index in [0.29, 0.717) is 19.7 Å². The van der Waals surface area contributed by atoms with E-state index in [1.54, 1.807) is 18.5 Å². The van der Waals surface area contributed by atoms with Gasteiger partial charge in [-0.1, -0.05) is 30.6 Å². The van der Waals surface area contributed by atoms with Gasteiger partial charge in [0, 0.05) is 13.1 Å². The van der Waals surface area contributed by atoms with Gasteiger partial charge in [0.25, 0.3) is 0 Å². The highest BCUT2D eigenvalue weighted by atomic mass is 35.5. The zero-order chi connectivity index (χ0) is 11.9. The number of nitrogens with zero attached hydrogens (tertiary/aromatic N) is 2. The van der Waals surface area contributed by atoms with Crippen molar-refractivity contribution in [1.82, 2.24) is 4.67 Å². The Morgan fingerprint density at radius 1 is 1.40 bits per heavy atom. The Balaban J connectivity index is 4.71. The third-order valence-corrected chi connectivity index (χ3v) is 3.84. The summed E-state index contributed by atoms with van der Waals surface area (Å²) in [5.74, 6) is 0. The van der Waals surface area contributed by atoms with Crippen LogP contribution in [0.25, 0.3) is 0 Å². The largest absolute Gasteiger partial charge is 0.481 e. The second-order valence-corrected chi connectivity index (χ2v) is 5.17. The van der Waals surface area contributed by atoms with E-state index in [9.17, 15) is 4.57 Å². The molecule has 0 amide bonds. The van der Waals surface area contributed by atoms with Gasteiger partial charge in [-0.2, -0.15) is 4.67 Å². The minimum atomic E-state index is -3.32. The Morgan fingerprint density at radius 2 is 1.93 bits per heavy atom. The van der Waals surface area contributed by atoms with Crippen LogP contribution in [0.4, 0.5) is 0 Å². The maximum Gasteiger partial charge on any atom is 0.481 e. The van der Waals surface area contributed by atoms with Crippen LogP contribution in [0.2, 0.25) is 0 Å². The lowest BCUT2D eigenvalue weighted by molar-refractivity contribution is 0.170. The molecule has 0 spiro atoms. The number of hydrogen-bond acceptors (Lipinski definition) is 4. The van der Waals surface area contributed by atoms with E-state index in [1.165, 1.54) is 0 Å². The summed E-state index contributed by atoms with van der Waals surface area (Å²) in [6.45, 7) is 8.45. The highest BCUT2D eigenvalue weighted by Crippen LogP contribution is 2.51. The second kappa shape index (κ2) is 7.23. The van der Waals surface area contributed by atoms with Crippen LogP contribution in [0, 0.1) is 0 Å². The van der Waals surface area contributed by atoms with E-state index < -0.39 is 7.75 Å². The van der Waals surface area contributed by atoms with Crippen LogP contribution in [-0.2, 0) is 13.7 Å². The van der Waals surface area contributed by atoms with Crippen LogP contribution in [0.3, 0.4) is 0 Å². The van der Waals surface area contributed by atoms with E-state index in [1.807, 2.05) is 13.8 Å². The number of oxime groups is 1. The average Bonchev–Trinajstić information content (AvgIpc) is 2.17. The monoisotopic (exact) mass is 256 g/mol. The summed E-state index contributed by atoms with van der Waals surface area (Å²) in [6, 6.07) is 0. The molecule has 0 aromatic heterocycles. The molecule has 0 saturated heterocycles. The maximum atomic E-state index is 12.2. The van der Waals surface area contributed by atoms with Gasteiger partial charge < -0.3 is 4.62 Å². The van der Waals surface area contributed by atoms with Crippen LogP contribution < -0.4 is 0 Å². The summed E-state index contributed by atoms with van der Waals surface area (Å²) in [4.78, 5) is 0. The lowest BCUT2D eigenvalue weighted by Gasteiger charge is -2.25. The topological polar surface area (TPSA) is 51.1 Å². The van der Waals surface area contributed by atoms with Crippen LogP contribution in [0.5, 0.6) is 0 Å².